The van der Waals surface area contributed by atoms with Crippen LogP contribution in [0.4, 0.5) is 5.69 Å². The predicted octanol–water partition coefficient (Wildman–Crippen LogP) is 4.14. The topological polar surface area (TPSA) is 56.8 Å². The van der Waals surface area contributed by atoms with Gasteiger partial charge in [-0.3, -0.25) is 4.79 Å². The Hall–Kier alpha value is -1.92. The van der Waals surface area contributed by atoms with E-state index in [-0.39, 0.29) is 12.5 Å². The number of para-hydroxylation sites is 1. The Labute approximate surface area is 147 Å². The van der Waals surface area contributed by atoms with E-state index in [1.807, 2.05) is 0 Å². The fourth-order valence-corrected chi connectivity index (χ4v) is 2.52. The zero-order chi connectivity index (χ0) is 16.8. The third kappa shape index (κ3) is 4.53. The quantitative estimate of drug-likeness (QED) is 0.792. The molecule has 0 fully saturated rings. The number of carbonyl (C=O) groups excluding carboxylic acids is 1. The first-order chi connectivity index (χ1) is 11.0. The second-order valence-electron chi connectivity index (χ2n) is 4.45. The highest BCUT2D eigenvalue weighted by atomic mass is 79.9. The summed E-state index contributed by atoms with van der Waals surface area (Å²) in [5.74, 6) is 1.19. The van der Waals surface area contributed by atoms with E-state index in [1.165, 1.54) is 7.11 Å². The molecule has 0 aliphatic carbocycles. The molecule has 2 aromatic carbocycles. The summed E-state index contributed by atoms with van der Waals surface area (Å²) in [6.07, 6.45) is 0. The molecule has 5 nitrogen and oxygen atoms in total. The zero-order valence-electron chi connectivity index (χ0n) is 12.6. The van der Waals surface area contributed by atoms with Crippen LogP contribution >= 0.6 is 27.5 Å². The second kappa shape index (κ2) is 8.08. The van der Waals surface area contributed by atoms with Crippen molar-refractivity contribution in [3.63, 3.8) is 0 Å². The average Bonchev–Trinajstić information content (AvgIpc) is 2.55. The van der Waals surface area contributed by atoms with E-state index < -0.39 is 0 Å². The lowest BCUT2D eigenvalue weighted by molar-refractivity contribution is -0.118. The van der Waals surface area contributed by atoms with Gasteiger partial charge >= 0.3 is 0 Å². The van der Waals surface area contributed by atoms with Crippen LogP contribution in [0.5, 0.6) is 17.2 Å². The molecule has 23 heavy (non-hydrogen) atoms. The van der Waals surface area contributed by atoms with Crippen molar-refractivity contribution in [3.05, 3.63) is 45.9 Å². The minimum Gasteiger partial charge on any atom is -0.495 e. The highest BCUT2D eigenvalue weighted by Crippen LogP contribution is 2.36. The van der Waals surface area contributed by atoms with E-state index >= 15 is 0 Å². The first kappa shape index (κ1) is 17.4. The Balaban J connectivity index is 2.06. The minimum atomic E-state index is -0.340. The van der Waals surface area contributed by atoms with Gasteiger partial charge in [0.1, 0.15) is 17.2 Å². The van der Waals surface area contributed by atoms with Gasteiger partial charge in [-0.15, -0.1) is 0 Å². The second-order valence-corrected chi connectivity index (χ2v) is 5.72. The summed E-state index contributed by atoms with van der Waals surface area (Å²) in [6.45, 7) is -0.175. The van der Waals surface area contributed by atoms with Crippen molar-refractivity contribution in [1.82, 2.24) is 0 Å². The lowest BCUT2D eigenvalue weighted by Gasteiger charge is -2.14. The molecule has 0 aliphatic heterocycles. The first-order valence-electron chi connectivity index (χ1n) is 6.64. The largest absolute Gasteiger partial charge is 0.495 e. The maximum Gasteiger partial charge on any atom is 0.262 e. The summed E-state index contributed by atoms with van der Waals surface area (Å²) in [7, 11) is 3.06. The SMILES string of the molecule is COc1cc(NC(=O)COc2ccccc2Cl)c(OC)cc1Br. The zero-order valence-corrected chi connectivity index (χ0v) is 14.9. The molecule has 0 aromatic heterocycles. The van der Waals surface area contributed by atoms with Gasteiger partial charge in [-0.1, -0.05) is 23.7 Å². The van der Waals surface area contributed by atoms with Crippen LogP contribution < -0.4 is 19.5 Å². The summed E-state index contributed by atoms with van der Waals surface area (Å²) in [6, 6.07) is 10.3. The number of methoxy groups -OCH3 is 2. The average molecular weight is 401 g/mol. The molecule has 2 rings (SSSR count). The highest BCUT2D eigenvalue weighted by Gasteiger charge is 2.13. The number of anilines is 1. The van der Waals surface area contributed by atoms with Gasteiger partial charge in [-0.25, -0.2) is 0 Å². The number of ether oxygens (including phenoxy) is 3. The minimum absolute atomic E-state index is 0.175. The van der Waals surface area contributed by atoms with E-state index in [4.69, 9.17) is 25.8 Å². The fourth-order valence-electron chi connectivity index (χ4n) is 1.85. The lowest BCUT2D eigenvalue weighted by atomic mass is 10.2. The van der Waals surface area contributed by atoms with E-state index in [9.17, 15) is 4.79 Å². The number of hydrogen-bond donors (Lipinski definition) is 1. The van der Waals surface area contributed by atoms with Crippen molar-refractivity contribution < 1.29 is 19.0 Å². The van der Waals surface area contributed by atoms with Gasteiger partial charge in [-0.2, -0.15) is 0 Å². The number of hydrogen-bond acceptors (Lipinski definition) is 4. The van der Waals surface area contributed by atoms with Gasteiger partial charge in [-0.05, 0) is 28.1 Å². The molecule has 0 unspecified atom stereocenters. The molecule has 0 bridgehead atoms. The number of carbonyl (C=O) groups is 1. The summed E-state index contributed by atoms with van der Waals surface area (Å²) < 4.78 is 16.6. The molecular formula is C16H15BrClNO4. The van der Waals surface area contributed by atoms with Gasteiger partial charge in [0.15, 0.2) is 6.61 Å². The molecule has 1 N–H and O–H groups in total. The van der Waals surface area contributed by atoms with Gasteiger partial charge in [0.2, 0.25) is 0 Å². The molecular weight excluding hydrogens is 386 g/mol. The highest BCUT2D eigenvalue weighted by molar-refractivity contribution is 9.10. The molecule has 1 amide bonds. The van der Waals surface area contributed by atoms with Gasteiger partial charge in [0, 0.05) is 12.1 Å². The van der Waals surface area contributed by atoms with Gasteiger partial charge < -0.3 is 19.5 Å². The number of nitrogens with one attached hydrogen (secondary N) is 1. The Morgan fingerprint density at radius 2 is 1.83 bits per heavy atom. The lowest BCUT2D eigenvalue weighted by Crippen LogP contribution is -2.20. The van der Waals surface area contributed by atoms with Crippen LogP contribution in [0.25, 0.3) is 0 Å². The van der Waals surface area contributed by atoms with Gasteiger partial charge in [0.05, 0.1) is 29.4 Å². The summed E-state index contributed by atoms with van der Waals surface area (Å²) in [5.41, 5.74) is 0.486. The van der Waals surface area contributed by atoms with E-state index in [0.29, 0.717) is 28.0 Å². The fraction of sp³-hybridized carbons (Fsp3) is 0.188. The van der Waals surface area contributed by atoms with Gasteiger partial charge in [0.25, 0.3) is 5.91 Å². The summed E-state index contributed by atoms with van der Waals surface area (Å²) >= 11 is 9.33. The molecule has 0 saturated carbocycles. The third-order valence-electron chi connectivity index (χ3n) is 2.94. The standard InChI is InChI=1S/C16H15BrClNO4/c1-21-14-8-12(15(22-2)7-10(14)17)19-16(20)9-23-13-6-4-3-5-11(13)18/h3-8H,9H2,1-2H3,(H,19,20). The van der Waals surface area contributed by atoms with E-state index in [2.05, 4.69) is 21.2 Å². The molecule has 0 heterocycles. The van der Waals surface area contributed by atoms with Crippen molar-refractivity contribution in [2.75, 3.05) is 26.1 Å². The van der Waals surface area contributed by atoms with Crippen LogP contribution in [0, 0.1) is 0 Å². The number of amides is 1. The maximum absolute atomic E-state index is 12.1. The Bertz CT molecular complexity index is 708. The molecule has 0 aliphatic rings. The van der Waals surface area contributed by atoms with Crippen LogP contribution in [0.2, 0.25) is 5.02 Å². The first-order valence-corrected chi connectivity index (χ1v) is 7.81. The van der Waals surface area contributed by atoms with Crippen LogP contribution in [0.1, 0.15) is 0 Å². The van der Waals surface area contributed by atoms with Crippen LogP contribution in [-0.2, 0) is 4.79 Å². The van der Waals surface area contributed by atoms with Crippen molar-refractivity contribution in [3.8, 4) is 17.2 Å². The molecule has 0 saturated heterocycles. The van der Waals surface area contributed by atoms with E-state index in [0.717, 1.165) is 4.47 Å². The maximum atomic E-state index is 12.1. The third-order valence-corrected chi connectivity index (χ3v) is 3.88. The van der Waals surface area contributed by atoms with Crippen molar-refractivity contribution >= 4 is 39.1 Å². The van der Waals surface area contributed by atoms with Crippen molar-refractivity contribution in [2.45, 2.75) is 0 Å². The van der Waals surface area contributed by atoms with E-state index in [1.54, 1.807) is 43.5 Å². The van der Waals surface area contributed by atoms with Crippen LogP contribution in [0.3, 0.4) is 0 Å². The molecule has 2 aromatic rings. The summed E-state index contributed by atoms with van der Waals surface area (Å²) in [5, 5.41) is 3.17. The Morgan fingerprint density at radius 1 is 1.13 bits per heavy atom. The summed E-state index contributed by atoms with van der Waals surface area (Å²) in [4.78, 5) is 12.1. The monoisotopic (exact) mass is 399 g/mol. The predicted molar refractivity (Wildman–Crippen MR) is 92.8 cm³/mol. The Kier molecular flexibility index (Phi) is 6.12. The molecule has 0 spiro atoms. The molecule has 0 radical (unpaired) electrons. The number of rotatable bonds is 6. The smallest absolute Gasteiger partial charge is 0.262 e. The number of benzene rings is 2. The van der Waals surface area contributed by atoms with Crippen molar-refractivity contribution in [2.24, 2.45) is 0 Å². The van der Waals surface area contributed by atoms with Crippen LogP contribution in [0.15, 0.2) is 40.9 Å². The number of halogens is 2. The normalized spacial score (nSPS) is 10.1. The molecule has 7 heteroatoms. The Morgan fingerprint density at radius 3 is 2.48 bits per heavy atom. The van der Waals surface area contributed by atoms with Crippen molar-refractivity contribution in [1.29, 1.82) is 0 Å². The molecule has 122 valence electrons. The molecule has 0 atom stereocenters. The van der Waals surface area contributed by atoms with Crippen LogP contribution in [-0.4, -0.2) is 26.7 Å².